The summed E-state index contributed by atoms with van der Waals surface area (Å²) in [5, 5.41) is 13.2. The Morgan fingerprint density at radius 1 is 0.968 bits per heavy atom. The second-order valence-electron chi connectivity index (χ2n) is 8.46. The highest BCUT2D eigenvalue weighted by atomic mass is 32.1. The third-order valence-corrected chi connectivity index (χ3v) is 7.11. The Morgan fingerprint density at radius 3 is 2.29 bits per heavy atom. The molecule has 1 fully saturated rings. The predicted molar refractivity (Wildman–Crippen MR) is 127 cm³/mol. The van der Waals surface area contributed by atoms with Crippen molar-refractivity contribution in [2.75, 3.05) is 0 Å². The Hall–Kier alpha value is -2.73. The molecule has 0 spiro atoms. The van der Waals surface area contributed by atoms with Gasteiger partial charge in [-0.3, -0.25) is 10.1 Å². The molecule has 3 aromatic rings. The van der Waals surface area contributed by atoms with Gasteiger partial charge in [-0.15, -0.1) is 11.3 Å². The summed E-state index contributed by atoms with van der Waals surface area (Å²) in [4.78, 5) is 16.8. The maximum absolute atomic E-state index is 11.1. The van der Waals surface area contributed by atoms with Crippen LogP contribution in [0.1, 0.15) is 62.1 Å². The third-order valence-electron chi connectivity index (χ3n) is 6.27. The van der Waals surface area contributed by atoms with E-state index in [1.807, 2.05) is 12.1 Å². The lowest BCUT2D eigenvalue weighted by Gasteiger charge is -2.23. The lowest BCUT2D eigenvalue weighted by Crippen LogP contribution is -2.22. The van der Waals surface area contributed by atoms with E-state index in [1.54, 1.807) is 23.5 Å². The zero-order chi connectivity index (χ0) is 21.8. The van der Waals surface area contributed by atoms with Gasteiger partial charge in [-0.2, -0.15) is 0 Å². The zero-order valence-electron chi connectivity index (χ0n) is 18.2. The molecule has 0 bridgehead atoms. The standard InChI is InChI=1S/C25H29N3O2S/c1-18-10-13-21(16-19(18)2)26-25-27(22-8-6-4-3-5-7-9-22)24(17-31-25)20-11-14-23(15-12-20)28(29)30/h10-17,22H,3-9H2,1-2H3. The van der Waals surface area contributed by atoms with Gasteiger partial charge in [0.1, 0.15) is 0 Å². The van der Waals surface area contributed by atoms with Gasteiger partial charge in [-0.25, -0.2) is 4.99 Å². The number of non-ortho nitro benzene ring substituents is 1. The first-order chi connectivity index (χ1) is 15.0. The summed E-state index contributed by atoms with van der Waals surface area (Å²) >= 11 is 1.65. The molecule has 0 saturated heterocycles. The van der Waals surface area contributed by atoms with Gasteiger partial charge in [-0.1, -0.05) is 38.2 Å². The lowest BCUT2D eigenvalue weighted by molar-refractivity contribution is -0.384. The topological polar surface area (TPSA) is 60.4 Å². The number of nitro groups is 1. The highest BCUT2D eigenvalue weighted by Crippen LogP contribution is 2.32. The molecule has 0 atom stereocenters. The van der Waals surface area contributed by atoms with Gasteiger partial charge in [0.15, 0.2) is 4.80 Å². The van der Waals surface area contributed by atoms with Gasteiger partial charge in [0.05, 0.1) is 16.3 Å². The number of rotatable bonds is 4. The van der Waals surface area contributed by atoms with Gasteiger partial charge in [0, 0.05) is 23.6 Å². The van der Waals surface area contributed by atoms with E-state index in [4.69, 9.17) is 4.99 Å². The van der Waals surface area contributed by atoms with Crippen LogP contribution in [0.3, 0.4) is 0 Å². The summed E-state index contributed by atoms with van der Waals surface area (Å²) in [6.45, 7) is 4.24. The zero-order valence-corrected chi connectivity index (χ0v) is 19.0. The second-order valence-corrected chi connectivity index (χ2v) is 9.29. The average molecular weight is 436 g/mol. The summed E-state index contributed by atoms with van der Waals surface area (Å²) in [7, 11) is 0. The van der Waals surface area contributed by atoms with Crippen LogP contribution in [0, 0.1) is 24.0 Å². The smallest absolute Gasteiger partial charge is 0.269 e. The van der Waals surface area contributed by atoms with Gasteiger partial charge in [0.2, 0.25) is 0 Å². The number of nitrogens with zero attached hydrogens (tertiary/aromatic N) is 3. The summed E-state index contributed by atoms with van der Waals surface area (Å²) in [6.07, 6.45) is 8.67. The van der Waals surface area contributed by atoms with E-state index in [-0.39, 0.29) is 10.6 Å². The van der Waals surface area contributed by atoms with Crippen molar-refractivity contribution in [2.45, 2.75) is 64.8 Å². The first kappa shape index (κ1) is 21.5. The first-order valence-corrected chi connectivity index (χ1v) is 12.0. The molecule has 1 aliphatic rings. The van der Waals surface area contributed by atoms with Gasteiger partial charge in [-0.05, 0) is 67.6 Å². The monoisotopic (exact) mass is 435 g/mol. The fraction of sp³-hybridized carbons (Fsp3) is 0.400. The number of aryl methyl sites for hydroxylation is 2. The van der Waals surface area contributed by atoms with Crippen molar-refractivity contribution in [3.8, 4) is 11.3 Å². The van der Waals surface area contributed by atoms with Crippen LogP contribution in [-0.2, 0) is 0 Å². The highest BCUT2D eigenvalue weighted by molar-refractivity contribution is 7.07. The Bertz CT molecular complexity index is 1120. The van der Waals surface area contributed by atoms with Gasteiger partial charge >= 0.3 is 0 Å². The van der Waals surface area contributed by atoms with Crippen molar-refractivity contribution in [1.82, 2.24) is 4.57 Å². The largest absolute Gasteiger partial charge is 0.313 e. The van der Waals surface area contributed by atoms with Crippen LogP contribution in [0.25, 0.3) is 11.3 Å². The molecule has 1 heterocycles. The Labute approximate surface area is 187 Å². The molecule has 162 valence electrons. The fourth-order valence-electron chi connectivity index (χ4n) is 4.32. The quantitative estimate of drug-likeness (QED) is 0.320. The molecule has 0 N–H and O–H groups in total. The van der Waals surface area contributed by atoms with Crippen molar-refractivity contribution in [1.29, 1.82) is 0 Å². The molecule has 0 aliphatic heterocycles. The first-order valence-electron chi connectivity index (χ1n) is 11.1. The van der Waals surface area contributed by atoms with Crippen LogP contribution in [0.4, 0.5) is 11.4 Å². The molecule has 6 heteroatoms. The number of benzene rings is 2. The minimum Gasteiger partial charge on any atom is -0.313 e. The van der Waals surface area contributed by atoms with Crippen molar-refractivity contribution in [3.05, 3.63) is 73.9 Å². The van der Waals surface area contributed by atoms with E-state index in [0.717, 1.165) is 34.6 Å². The SMILES string of the molecule is Cc1ccc(N=c2scc(-c3ccc([N+](=O)[O-])cc3)n2C2CCCCCCC2)cc1C. The van der Waals surface area contributed by atoms with E-state index in [0.29, 0.717) is 6.04 Å². The number of hydrogen-bond acceptors (Lipinski definition) is 4. The van der Waals surface area contributed by atoms with Crippen LogP contribution in [-0.4, -0.2) is 9.49 Å². The van der Waals surface area contributed by atoms with E-state index >= 15 is 0 Å². The molecule has 2 aromatic carbocycles. The van der Waals surface area contributed by atoms with Gasteiger partial charge in [0.25, 0.3) is 5.69 Å². The maximum atomic E-state index is 11.1. The number of thiazole rings is 1. The minimum absolute atomic E-state index is 0.122. The maximum Gasteiger partial charge on any atom is 0.269 e. The van der Waals surface area contributed by atoms with Gasteiger partial charge < -0.3 is 4.57 Å². The summed E-state index contributed by atoms with van der Waals surface area (Å²) in [5.74, 6) is 0. The number of nitro benzene ring substituents is 1. The fourth-order valence-corrected chi connectivity index (χ4v) is 5.30. The molecule has 4 rings (SSSR count). The summed E-state index contributed by atoms with van der Waals surface area (Å²) in [5.41, 5.74) is 5.71. The normalized spacial score (nSPS) is 16.1. The van der Waals surface area contributed by atoms with Crippen LogP contribution >= 0.6 is 11.3 Å². The molecule has 1 aromatic heterocycles. The molecule has 31 heavy (non-hydrogen) atoms. The van der Waals surface area contributed by atoms with Crippen LogP contribution in [0.2, 0.25) is 0 Å². The van der Waals surface area contributed by atoms with Crippen LogP contribution < -0.4 is 4.80 Å². The summed E-state index contributed by atoms with van der Waals surface area (Å²) in [6, 6.07) is 13.7. The molecule has 0 radical (unpaired) electrons. The molecule has 1 saturated carbocycles. The third kappa shape index (κ3) is 4.96. The van der Waals surface area contributed by atoms with Crippen molar-refractivity contribution in [2.24, 2.45) is 4.99 Å². The van der Waals surface area contributed by atoms with Crippen LogP contribution in [0.5, 0.6) is 0 Å². The molecular formula is C25H29N3O2S. The number of hydrogen-bond donors (Lipinski definition) is 0. The lowest BCUT2D eigenvalue weighted by atomic mass is 9.96. The van der Waals surface area contributed by atoms with Crippen molar-refractivity contribution < 1.29 is 4.92 Å². The molecular weight excluding hydrogens is 406 g/mol. The molecule has 0 unspecified atom stereocenters. The average Bonchev–Trinajstić information content (AvgIpc) is 3.14. The Balaban J connectivity index is 1.82. The summed E-state index contributed by atoms with van der Waals surface area (Å²) < 4.78 is 2.40. The Morgan fingerprint density at radius 2 is 1.65 bits per heavy atom. The van der Waals surface area contributed by atoms with E-state index in [2.05, 4.69) is 42.0 Å². The number of aromatic nitrogens is 1. The van der Waals surface area contributed by atoms with Crippen molar-refractivity contribution >= 4 is 22.7 Å². The van der Waals surface area contributed by atoms with Crippen molar-refractivity contribution in [3.63, 3.8) is 0 Å². The molecule has 0 amide bonds. The van der Waals surface area contributed by atoms with E-state index < -0.39 is 0 Å². The molecule has 5 nitrogen and oxygen atoms in total. The Kier molecular flexibility index (Phi) is 6.66. The molecule has 1 aliphatic carbocycles. The highest BCUT2D eigenvalue weighted by Gasteiger charge is 2.19. The predicted octanol–water partition coefficient (Wildman–Crippen LogP) is 7.26. The van der Waals surface area contributed by atoms with Crippen LogP contribution in [0.15, 0.2) is 52.8 Å². The minimum atomic E-state index is -0.346. The second kappa shape index (κ2) is 9.60. The van der Waals surface area contributed by atoms with E-state index in [9.17, 15) is 10.1 Å². The van der Waals surface area contributed by atoms with E-state index in [1.165, 1.54) is 43.2 Å².